The minimum atomic E-state index is -1.01. The van der Waals surface area contributed by atoms with Crippen LogP contribution in [0.2, 0.25) is 5.02 Å². The molecule has 2 aliphatic rings. The highest BCUT2D eigenvalue weighted by molar-refractivity contribution is 6.30. The van der Waals surface area contributed by atoms with Crippen molar-refractivity contribution < 1.29 is 14.7 Å². The van der Waals surface area contributed by atoms with E-state index in [9.17, 15) is 14.7 Å². The molecule has 0 radical (unpaired) electrons. The molecule has 2 aromatic rings. The molecule has 4 rings (SSSR count). The molecule has 2 saturated heterocycles. The number of rotatable bonds is 4. The van der Waals surface area contributed by atoms with Crippen molar-refractivity contribution in [3.8, 4) is 6.07 Å². The van der Waals surface area contributed by atoms with E-state index >= 15 is 0 Å². The Morgan fingerprint density at radius 3 is 2.39 bits per heavy atom. The molecule has 33 heavy (non-hydrogen) atoms. The summed E-state index contributed by atoms with van der Waals surface area (Å²) in [6.45, 7) is 2.19. The van der Waals surface area contributed by atoms with Crippen molar-refractivity contribution in [2.75, 3.05) is 38.1 Å². The zero-order chi connectivity index (χ0) is 23.5. The SMILES string of the molecule is CN(C(=O)O)[C@@H]1CN(C(=O)C2CCN(c3ccc(C#N)nn3)CC2)C[C@H]1c1ccc(Cl)cc1. The summed E-state index contributed by atoms with van der Waals surface area (Å²) in [7, 11) is 1.56. The minimum Gasteiger partial charge on any atom is -0.465 e. The molecule has 172 valence electrons. The summed E-state index contributed by atoms with van der Waals surface area (Å²) in [6.07, 6.45) is 0.356. The Balaban J connectivity index is 1.43. The molecule has 2 atom stereocenters. The minimum absolute atomic E-state index is 0.0702. The third-order valence-electron chi connectivity index (χ3n) is 6.63. The standard InChI is InChI=1S/C23H25ClN6O3/c1-28(23(32)33)20-14-30(13-19(20)15-2-4-17(24)5-3-15)22(31)16-8-10-29(11-9-16)21-7-6-18(12-25)26-27-21/h2-7,16,19-20H,8-11,13-14H2,1H3,(H,32,33)/t19-,20+/m0/s1. The fraction of sp³-hybridized carbons (Fsp3) is 0.435. The van der Waals surface area contributed by atoms with Gasteiger partial charge in [0.15, 0.2) is 11.5 Å². The number of amides is 2. The van der Waals surface area contributed by atoms with Gasteiger partial charge in [-0.15, -0.1) is 10.2 Å². The Morgan fingerprint density at radius 2 is 1.82 bits per heavy atom. The lowest BCUT2D eigenvalue weighted by Gasteiger charge is -2.33. The second-order valence-electron chi connectivity index (χ2n) is 8.51. The lowest BCUT2D eigenvalue weighted by molar-refractivity contribution is -0.135. The monoisotopic (exact) mass is 468 g/mol. The van der Waals surface area contributed by atoms with Gasteiger partial charge in [-0.05, 0) is 42.7 Å². The van der Waals surface area contributed by atoms with Crippen LogP contribution in [0.4, 0.5) is 10.6 Å². The van der Waals surface area contributed by atoms with Gasteiger partial charge in [0.25, 0.3) is 0 Å². The number of carbonyl (C=O) groups excluding carboxylic acids is 1. The van der Waals surface area contributed by atoms with Crippen molar-refractivity contribution in [3.05, 3.63) is 52.7 Å². The van der Waals surface area contributed by atoms with E-state index in [1.807, 2.05) is 23.1 Å². The van der Waals surface area contributed by atoms with Crippen LogP contribution >= 0.6 is 11.6 Å². The number of likely N-dealkylation sites (N-methyl/N-ethyl adjacent to an activating group) is 1. The highest BCUT2D eigenvalue weighted by Crippen LogP contribution is 2.34. The number of nitriles is 1. The summed E-state index contributed by atoms with van der Waals surface area (Å²) >= 11 is 6.02. The number of anilines is 1. The Kier molecular flexibility index (Phi) is 6.65. The number of benzene rings is 1. The van der Waals surface area contributed by atoms with Crippen molar-refractivity contribution >= 4 is 29.4 Å². The van der Waals surface area contributed by atoms with Crippen LogP contribution in [0, 0.1) is 17.2 Å². The van der Waals surface area contributed by atoms with E-state index in [2.05, 4.69) is 15.1 Å². The van der Waals surface area contributed by atoms with Crippen molar-refractivity contribution in [1.82, 2.24) is 20.0 Å². The summed E-state index contributed by atoms with van der Waals surface area (Å²) in [6, 6.07) is 12.4. The number of carboxylic acid groups (broad SMARTS) is 1. The summed E-state index contributed by atoms with van der Waals surface area (Å²) in [5, 5.41) is 27.0. The van der Waals surface area contributed by atoms with E-state index in [4.69, 9.17) is 16.9 Å². The molecule has 1 aromatic heterocycles. The molecule has 0 aliphatic carbocycles. The average molecular weight is 469 g/mol. The second-order valence-corrected chi connectivity index (χ2v) is 8.95. The van der Waals surface area contributed by atoms with Gasteiger partial charge in [0.2, 0.25) is 5.91 Å². The molecule has 1 N–H and O–H groups in total. The Labute approximate surface area is 197 Å². The van der Waals surface area contributed by atoms with Crippen molar-refractivity contribution in [3.63, 3.8) is 0 Å². The highest BCUT2D eigenvalue weighted by atomic mass is 35.5. The smallest absolute Gasteiger partial charge is 0.407 e. The van der Waals surface area contributed by atoms with Crippen LogP contribution in [0.5, 0.6) is 0 Å². The number of carbonyl (C=O) groups is 2. The van der Waals surface area contributed by atoms with Crippen LogP contribution in [-0.2, 0) is 4.79 Å². The molecule has 2 fully saturated rings. The number of hydrogen-bond donors (Lipinski definition) is 1. The molecule has 0 spiro atoms. The molecule has 9 nitrogen and oxygen atoms in total. The van der Waals surface area contributed by atoms with E-state index in [0.29, 0.717) is 49.9 Å². The van der Waals surface area contributed by atoms with Gasteiger partial charge in [-0.1, -0.05) is 23.7 Å². The first-order chi connectivity index (χ1) is 15.9. The van der Waals surface area contributed by atoms with Gasteiger partial charge in [-0.25, -0.2) is 4.79 Å². The summed E-state index contributed by atoms with van der Waals surface area (Å²) in [4.78, 5) is 30.2. The van der Waals surface area contributed by atoms with Crippen LogP contribution in [0.1, 0.15) is 30.0 Å². The van der Waals surface area contributed by atoms with Gasteiger partial charge in [0.1, 0.15) is 6.07 Å². The lowest BCUT2D eigenvalue weighted by atomic mass is 9.93. The molecule has 2 amide bonds. The van der Waals surface area contributed by atoms with E-state index in [0.717, 1.165) is 5.56 Å². The summed E-state index contributed by atoms with van der Waals surface area (Å²) in [5.41, 5.74) is 1.25. The molecule has 0 bridgehead atoms. The van der Waals surface area contributed by atoms with Crippen LogP contribution in [-0.4, -0.2) is 76.4 Å². The highest BCUT2D eigenvalue weighted by Gasteiger charge is 2.42. The van der Waals surface area contributed by atoms with Gasteiger partial charge in [-0.3, -0.25) is 4.79 Å². The molecule has 10 heteroatoms. The number of aromatic nitrogens is 2. The third-order valence-corrected chi connectivity index (χ3v) is 6.88. The first-order valence-electron chi connectivity index (χ1n) is 10.9. The van der Waals surface area contributed by atoms with Crippen LogP contribution in [0.25, 0.3) is 0 Å². The maximum absolute atomic E-state index is 13.4. The Bertz CT molecular complexity index is 1050. The third kappa shape index (κ3) is 4.86. The van der Waals surface area contributed by atoms with E-state index in [-0.39, 0.29) is 29.5 Å². The van der Waals surface area contributed by atoms with Crippen molar-refractivity contribution in [2.45, 2.75) is 24.8 Å². The molecular formula is C23H25ClN6O3. The number of likely N-dealkylation sites (tertiary alicyclic amines) is 1. The molecule has 1 aromatic carbocycles. The maximum Gasteiger partial charge on any atom is 0.407 e. The molecule has 0 saturated carbocycles. The fourth-order valence-electron chi connectivity index (χ4n) is 4.71. The summed E-state index contributed by atoms with van der Waals surface area (Å²) < 4.78 is 0. The largest absolute Gasteiger partial charge is 0.465 e. The van der Waals surface area contributed by atoms with Gasteiger partial charge in [0.05, 0.1) is 6.04 Å². The van der Waals surface area contributed by atoms with E-state index in [1.54, 1.807) is 31.3 Å². The van der Waals surface area contributed by atoms with E-state index < -0.39 is 6.09 Å². The molecule has 3 heterocycles. The fourth-order valence-corrected chi connectivity index (χ4v) is 4.83. The predicted octanol–water partition coefficient (Wildman–Crippen LogP) is 2.82. The van der Waals surface area contributed by atoms with Gasteiger partial charge >= 0.3 is 6.09 Å². The summed E-state index contributed by atoms with van der Waals surface area (Å²) in [5.74, 6) is 0.543. The zero-order valence-electron chi connectivity index (χ0n) is 18.3. The van der Waals surface area contributed by atoms with Crippen LogP contribution < -0.4 is 4.90 Å². The predicted molar refractivity (Wildman–Crippen MR) is 122 cm³/mol. The molecule has 0 unspecified atom stereocenters. The van der Waals surface area contributed by atoms with E-state index in [1.165, 1.54) is 4.90 Å². The topological polar surface area (TPSA) is 114 Å². The average Bonchev–Trinajstić information content (AvgIpc) is 3.29. The normalized spacial score (nSPS) is 21.0. The van der Waals surface area contributed by atoms with Gasteiger partial charge in [-0.2, -0.15) is 5.26 Å². The zero-order valence-corrected chi connectivity index (χ0v) is 19.0. The number of hydrogen-bond acceptors (Lipinski definition) is 6. The van der Waals surface area contributed by atoms with Crippen molar-refractivity contribution in [2.24, 2.45) is 5.92 Å². The maximum atomic E-state index is 13.4. The second kappa shape index (κ2) is 9.63. The quantitative estimate of drug-likeness (QED) is 0.733. The number of piperidine rings is 1. The number of nitrogens with zero attached hydrogens (tertiary/aromatic N) is 6. The van der Waals surface area contributed by atoms with Crippen LogP contribution in [0.15, 0.2) is 36.4 Å². The first kappa shape index (κ1) is 22.8. The lowest BCUT2D eigenvalue weighted by Crippen LogP contribution is -2.44. The number of halogens is 1. The Hall–Kier alpha value is -3.38. The molecule has 2 aliphatic heterocycles. The van der Waals surface area contributed by atoms with Crippen molar-refractivity contribution in [1.29, 1.82) is 5.26 Å². The van der Waals surface area contributed by atoms with Gasteiger partial charge < -0.3 is 19.8 Å². The van der Waals surface area contributed by atoms with Gasteiger partial charge in [0, 0.05) is 50.1 Å². The molecular weight excluding hydrogens is 444 g/mol. The van der Waals surface area contributed by atoms with Crippen LogP contribution in [0.3, 0.4) is 0 Å². The first-order valence-corrected chi connectivity index (χ1v) is 11.2. The Morgan fingerprint density at radius 1 is 1.12 bits per heavy atom.